The molecule has 0 aliphatic rings. The van der Waals surface area contributed by atoms with Crippen LogP contribution in [-0.2, 0) is 19.9 Å². The highest BCUT2D eigenvalue weighted by Gasteiger charge is 2.14. The van der Waals surface area contributed by atoms with Crippen molar-refractivity contribution in [3.05, 3.63) is 53.5 Å². The van der Waals surface area contributed by atoms with E-state index in [1.54, 1.807) is 35.3 Å². The molecule has 27 heavy (non-hydrogen) atoms. The van der Waals surface area contributed by atoms with Crippen LogP contribution in [0.15, 0.2) is 36.7 Å². The van der Waals surface area contributed by atoms with Crippen LogP contribution in [0.4, 0.5) is 0 Å². The van der Waals surface area contributed by atoms with Gasteiger partial charge in [-0.15, -0.1) is 0 Å². The molecule has 0 saturated heterocycles. The lowest BCUT2D eigenvalue weighted by atomic mass is 10.1. The number of nitrogens with zero attached hydrogens (tertiary/aromatic N) is 5. The van der Waals surface area contributed by atoms with Crippen molar-refractivity contribution in [2.75, 3.05) is 6.54 Å². The van der Waals surface area contributed by atoms with Crippen LogP contribution in [0.25, 0.3) is 11.4 Å². The first-order valence-electron chi connectivity index (χ1n) is 8.91. The van der Waals surface area contributed by atoms with Crippen LogP contribution < -0.4 is 10.5 Å². The summed E-state index contributed by atoms with van der Waals surface area (Å²) in [5.74, 6) is 1.66. The van der Waals surface area contributed by atoms with Crippen molar-refractivity contribution in [2.24, 2.45) is 12.8 Å². The maximum Gasteiger partial charge on any atom is 0.217 e. The van der Waals surface area contributed by atoms with E-state index in [1.165, 1.54) is 0 Å². The highest BCUT2D eigenvalue weighted by atomic mass is 16.5. The topological polar surface area (TPSA) is 103 Å². The van der Waals surface area contributed by atoms with Gasteiger partial charge in [-0.3, -0.25) is 0 Å². The Labute approximate surface area is 158 Å². The number of nitriles is 1. The molecule has 2 heterocycles. The Balaban J connectivity index is 1.97. The van der Waals surface area contributed by atoms with E-state index in [4.69, 9.17) is 10.5 Å². The zero-order valence-electron chi connectivity index (χ0n) is 15.5. The summed E-state index contributed by atoms with van der Waals surface area (Å²) < 4.78 is 7.78. The second-order valence-electron chi connectivity index (χ2n) is 6.23. The van der Waals surface area contributed by atoms with E-state index in [0.717, 1.165) is 30.5 Å². The first-order chi connectivity index (χ1) is 13.1. The third kappa shape index (κ3) is 4.30. The molecule has 0 saturated carbocycles. The van der Waals surface area contributed by atoms with Crippen LogP contribution in [0.1, 0.15) is 30.2 Å². The standard InChI is InChI=1S/C20H22N6O/c1-3-4-16-10-19(26(2)25-16)27-18-9-14(11-22)5-6-17(18)20-23-12-15(7-8-21)13-24-20/h5-6,9-10,12-13H,3-4,7-8,21H2,1-2H3. The number of aryl methyl sites for hydroxylation is 2. The highest BCUT2D eigenvalue weighted by molar-refractivity contribution is 5.66. The molecule has 138 valence electrons. The quantitative estimate of drug-likeness (QED) is 0.693. The predicted molar refractivity (Wildman–Crippen MR) is 102 cm³/mol. The molecule has 0 amide bonds. The Morgan fingerprint density at radius 1 is 1.19 bits per heavy atom. The second-order valence-corrected chi connectivity index (χ2v) is 6.23. The molecule has 2 aromatic heterocycles. The SMILES string of the molecule is CCCc1cc(Oc2cc(C#N)ccc2-c2ncc(CCN)cn2)n(C)n1. The third-order valence-electron chi connectivity index (χ3n) is 4.10. The lowest BCUT2D eigenvalue weighted by Gasteiger charge is -2.11. The van der Waals surface area contributed by atoms with Gasteiger partial charge in [-0.25, -0.2) is 14.6 Å². The molecule has 0 aliphatic heterocycles. The van der Waals surface area contributed by atoms with Crippen LogP contribution in [0.3, 0.4) is 0 Å². The fourth-order valence-electron chi connectivity index (χ4n) is 2.74. The zero-order chi connectivity index (χ0) is 19.2. The minimum absolute atomic E-state index is 0.504. The summed E-state index contributed by atoms with van der Waals surface area (Å²) in [5, 5.41) is 13.7. The Morgan fingerprint density at radius 2 is 1.96 bits per heavy atom. The molecule has 0 spiro atoms. The first-order valence-corrected chi connectivity index (χ1v) is 8.91. The lowest BCUT2D eigenvalue weighted by molar-refractivity contribution is 0.431. The average molecular weight is 362 g/mol. The van der Waals surface area contributed by atoms with Crippen molar-refractivity contribution >= 4 is 0 Å². The van der Waals surface area contributed by atoms with Gasteiger partial charge in [0.25, 0.3) is 0 Å². The molecule has 7 nitrogen and oxygen atoms in total. The van der Waals surface area contributed by atoms with Crippen molar-refractivity contribution in [2.45, 2.75) is 26.2 Å². The lowest BCUT2D eigenvalue weighted by Crippen LogP contribution is -2.04. The number of benzene rings is 1. The largest absolute Gasteiger partial charge is 0.438 e. The summed E-state index contributed by atoms with van der Waals surface area (Å²) in [5.41, 5.74) is 8.74. The van der Waals surface area contributed by atoms with Gasteiger partial charge in [-0.05, 0) is 43.1 Å². The van der Waals surface area contributed by atoms with E-state index in [0.29, 0.717) is 35.1 Å². The Kier molecular flexibility index (Phi) is 5.79. The van der Waals surface area contributed by atoms with Gasteiger partial charge < -0.3 is 10.5 Å². The number of aromatic nitrogens is 4. The summed E-state index contributed by atoms with van der Waals surface area (Å²) in [4.78, 5) is 8.86. The summed E-state index contributed by atoms with van der Waals surface area (Å²) in [6.45, 7) is 2.66. The van der Waals surface area contributed by atoms with Crippen LogP contribution in [0.2, 0.25) is 0 Å². The van der Waals surface area contributed by atoms with Crippen LogP contribution in [-0.4, -0.2) is 26.3 Å². The molecule has 0 atom stereocenters. The number of hydrogen-bond donors (Lipinski definition) is 1. The van der Waals surface area contributed by atoms with Crippen molar-refractivity contribution in [1.82, 2.24) is 19.7 Å². The van der Waals surface area contributed by atoms with Gasteiger partial charge >= 0.3 is 0 Å². The minimum Gasteiger partial charge on any atom is -0.438 e. The van der Waals surface area contributed by atoms with Gasteiger partial charge in [0.2, 0.25) is 5.88 Å². The monoisotopic (exact) mass is 362 g/mol. The molecule has 2 N–H and O–H groups in total. The summed E-state index contributed by atoms with van der Waals surface area (Å²) in [6, 6.07) is 9.28. The average Bonchev–Trinajstić information content (AvgIpc) is 3.02. The molecule has 0 fully saturated rings. The second kappa shape index (κ2) is 8.43. The van der Waals surface area contributed by atoms with Gasteiger partial charge in [-0.1, -0.05) is 13.3 Å². The third-order valence-corrected chi connectivity index (χ3v) is 4.10. The summed E-state index contributed by atoms with van der Waals surface area (Å²) >= 11 is 0. The number of ether oxygens (including phenoxy) is 1. The summed E-state index contributed by atoms with van der Waals surface area (Å²) in [6.07, 6.45) is 6.15. The van der Waals surface area contributed by atoms with Crippen molar-refractivity contribution in [1.29, 1.82) is 5.26 Å². The van der Waals surface area contributed by atoms with Crippen LogP contribution >= 0.6 is 0 Å². The molecule has 0 radical (unpaired) electrons. The Bertz CT molecular complexity index is 956. The zero-order valence-corrected chi connectivity index (χ0v) is 15.5. The van der Waals surface area contributed by atoms with Gasteiger partial charge in [0.05, 0.1) is 22.9 Å². The van der Waals surface area contributed by atoms with Gasteiger partial charge in [0, 0.05) is 25.5 Å². The molecular formula is C20H22N6O. The first kappa shape index (κ1) is 18.5. The van der Waals surface area contributed by atoms with E-state index in [2.05, 4.69) is 28.1 Å². The molecule has 0 aliphatic carbocycles. The van der Waals surface area contributed by atoms with E-state index < -0.39 is 0 Å². The fraction of sp³-hybridized carbons (Fsp3) is 0.300. The maximum atomic E-state index is 9.25. The van der Waals surface area contributed by atoms with Crippen LogP contribution in [0.5, 0.6) is 11.6 Å². The number of nitrogens with two attached hydrogens (primary N) is 1. The smallest absolute Gasteiger partial charge is 0.217 e. The molecule has 3 rings (SSSR count). The summed E-state index contributed by atoms with van der Waals surface area (Å²) in [7, 11) is 1.83. The van der Waals surface area contributed by atoms with Gasteiger partial charge in [0.15, 0.2) is 5.82 Å². The normalized spacial score (nSPS) is 10.6. The van der Waals surface area contributed by atoms with Gasteiger partial charge in [-0.2, -0.15) is 10.4 Å². The number of rotatable bonds is 7. The predicted octanol–water partition coefficient (Wildman–Crippen LogP) is 2.99. The van der Waals surface area contributed by atoms with Crippen molar-refractivity contribution in [3.8, 4) is 29.1 Å². The fourth-order valence-corrected chi connectivity index (χ4v) is 2.74. The van der Waals surface area contributed by atoms with E-state index >= 15 is 0 Å². The molecule has 7 heteroatoms. The van der Waals surface area contributed by atoms with Crippen LogP contribution in [0, 0.1) is 11.3 Å². The Hall–Kier alpha value is -3.24. The number of hydrogen-bond acceptors (Lipinski definition) is 6. The molecule has 0 unspecified atom stereocenters. The molecule has 3 aromatic rings. The van der Waals surface area contributed by atoms with E-state index in [-0.39, 0.29) is 0 Å². The van der Waals surface area contributed by atoms with Gasteiger partial charge in [0.1, 0.15) is 5.75 Å². The molecule has 0 bridgehead atoms. The van der Waals surface area contributed by atoms with E-state index in [9.17, 15) is 5.26 Å². The van der Waals surface area contributed by atoms with E-state index in [1.807, 2.05) is 13.1 Å². The van der Waals surface area contributed by atoms with Crippen molar-refractivity contribution < 1.29 is 4.74 Å². The molecular weight excluding hydrogens is 340 g/mol. The minimum atomic E-state index is 0.504. The van der Waals surface area contributed by atoms with Crippen molar-refractivity contribution in [3.63, 3.8) is 0 Å². The Morgan fingerprint density at radius 3 is 2.63 bits per heavy atom. The highest BCUT2D eigenvalue weighted by Crippen LogP contribution is 2.32. The maximum absolute atomic E-state index is 9.25. The molecule has 1 aromatic carbocycles.